The Kier molecular flexibility index (Phi) is 4.91. The first-order valence-electron chi connectivity index (χ1n) is 8.86. The molecule has 0 unspecified atom stereocenters. The molecule has 0 bridgehead atoms. The third-order valence-electron chi connectivity index (χ3n) is 4.83. The highest BCUT2D eigenvalue weighted by atomic mass is 35.5. The summed E-state index contributed by atoms with van der Waals surface area (Å²) < 4.78 is 1.90. The predicted molar refractivity (Wildman–Crippen MR) is 102 cm³/mol. The molecule has 0 saturated carbocycles. The van der Waals surface area contributed by atoms with Crippen LogP contribution in [0, 0.1) is 0 Å². The lowest BCUT2D eigenvalue weighted by molar-refractivity contribution is -0.132. The van der Waals surface area contributed by atoms with Crippen LogP contribution in [0.5, 0.6) is 0 Å². The highest BCUT2D eigenvalue weighted by Gasteiger charge is 2.22. The van der Waals surface area contributed by atoms with Crippen LogP contribution in [0.2, 0.25) is 5.02 Å². The second-order valence-electron chi connectivity index (χ2n) is 6.63. The molecule has 26 heavy (non-hydrogen) atoms. The van der Waals surface area contributed by atoms with E-state index in [-0.39, 0.29) is 5.91 Å². The van der Waals surface area contributed by atoms with Crippen LogP contribution in [0.1, 0.15) is 11.3 Å². The van der Waals surface area contributed by atoms with E-state index in [9.17, 15) is 4.79 Å². The number of piperazine rings is 1. The molecule has 5 nitrogen and oxygen atoms in total. The Hall–Kier alpha value is -2.37. The van der Waals surface area contributed by atoms with Crippen LogP contribution in [-0.2, 0) is 17.8 Å². The second-order valence-corrected chi connectivity index (χ2v) is 7.04. The van der Waals surface area contributed by atoms with E-state index in [0.717, 1.165) is 49.5 Å². The first kappa shape index (κ1) is 17.1. The number of fused-ring (bicyclic) bond motifs is 1. The Morgan fingerprint density at radius 1 is 1.04 bits per heavy atom. The quantitative estimate of drug-likeness (QED) is 0.711. The van der Waals surface area contributed by atoms with Crippen molar-refractivity contribution < 1.29 is 4.79 Å². The Morgan fingerprint density at radius 2 is 1.81 bits per heavy atom. The van der Waals surface area contributed by atoms with E-state index < -0.39 is 0 Å². The summed E-state index contributed by atoms with van der Waals surface area (Å²) in [5.41, 5.74) is 3.06. The van der Waals surface area contributed by atoms with Gasteiger partial charge in [0, 0.05) is 43.9 Å². The van der Waals surface area contributed by atoms with E-state index >= 15 is 0 Å². The molecule has 1 aliphatic rings. The number of halogens is 1. The van der Waals surface area contributed by atoms with Crippen molar-refractivity contribution in [1.82, 2.24) is 19.4 Å². The Balaban J connectivity index is 1.32. The van der Waals surface area contributed by atoms with Crippen molar-refractivity contribution in [3.63, 3.8) is 0 Å². The van der Waals surface area contributed by atoms with Crippen molar-refractivity contribution in [2.45, 2.75) is 13.0 Å². The van der Waals surface area contributed by atoms with Crippen molar-refractivity contribution >= 4 is 23.0 Å². The summed E-state index contributed by atoms with van der Waals surface area (Å²) in [6.07, 6.45) is 2.33. The molecule has 1 aromatic carbocycles. The van der Waals surface area contributed by atoms with Gasteiger partial charge in [-0.05, 0) is 29.8 Å². The van der Waals surface area contributed by atoms with Crippen LogP contribution >= 0.6 is 11.6 Å². The molecule has 3 heterocycles. The number of hydrogen-bond acceptors (Lipinski definition) is 3. The van der Waals surface area contributed by atoms with Gasteiger partial charge in [-0.25, -0.2) is 4.52 Å². The Labute approximate surface area is 157 Å². The van der Waals surface area contributed by atoms with Gasteiger partial charge in [-0.2, -0.15) is 5.10 Å². The van der Waals surface area contributed by atoms with Crippen LogP contribution in [0.25, 0.3) is 5.52 Å². The summed E-state index contributed by atoms with van der Waals surface area (Å²) in [6.45, 7) is 4.03. The fourth-order valence-electron chi connectivity index (χ4n) is 3.37. The largest absolute Gasteiger partial charge is 0.340 e. The number of benzene rings is 1. The SMILES string of the molecule is O=C(Cc1ccccc1Cl)N1CCN(Cc2cc3ccccn3n2)CC1. The number of carbonyl (C=O) groups excluding carboxylic acids is 1. The fourth-order valence-corrected chi connectivity index (χ4v) is 3.57. The molecule has 0 aliphatic carbocycles. The normalized spacial score (nSPS) is 15.5. The maximum atomic E-state index is 12.5. The summed E-state index contributed by atoms with van der Waals surface area (Å²) in [4.78, 5) is 16.8. The lowest BCUT2D eigenvalue weighted by atomic mass is 10.1. The number of nitrogens with zero attached hydrogens (tertiary/aromatic N) is 4. The summed E-state index contributed by atoms with van der Waals surface area (Å²) in [5.74, 6) is 0.144. The van der Waals surface area contributed by atoms with Crippen LogP contribution in [-0.4, -0.2) is 51.5 Å². The minimum atomic E-state index is 0.144. The molecule has 4 rings (SSSR count). The molecule has 1 saturated heterocycles. The lowest BCUT2D eigenvalue weighted by Gasteiger charge is -2.34. The Morgan fingerprint density at radius 3 is 2.58 bits per heavy atom. The standard InChI is InChI=1S/C20H21ClN4O/c21-19-7-2-1-5-16(19)13-20(26)24-11-9-23(10-12-24)15-17-14-18-6-3-4-8-25(18)22-17/h1-8,14H,9-13,15H2. The summed E-state index contributed by atoms with van der Waals surface area (Å²) in [5, 5.41) is 5.26. The smallest absolute Gasteiger partial charge is 0.227 e. The first-order valence-corrected chi connectivity index (χ1v) is 9.24. The molecule has 134 valence electrons. The van der Waals surface area contributed by atoms with E-state index in [1.165, 1.54) is 0 Å². The third kappa shape index (κ3) is 3.74. The van der Waals surface area contributed by atoms with E-state index in [4.69, 9.17) is 11.6 Å². The van der Waals surface area contributed by atoms with Crippen LogP contribution in [0.15, 0.2) is 54.7 Å². The molecule has 1 aliphatic heterocycles. The zero-order valence-corrected chi connectivity index (χ0v) is 15.3. The Bertz CT molecular complexity index is 882. The van der Waals surface area contributed by atoms with Crippen molar-refractivity contribution in [3.05, 3.63) is 71.0 Å². The number of carbonyl (C=O) groups is 1. The van der Waals surface area contributed by atoms with Gasteiger partial charge < -0.3 is 4.90 Å². The van der Waals surface area contributed by atoms with Crippen molar-refractivity contribution in [3.8, 4) is 0 Å². The van der Waals surface area contributed by atoms with Crippen molar-refractivity contribution in [1.29, 1.82) is 0 Å². The third-order valence-corrected chi connectivity index (χ3v) is 5.20. The summed E-state index contributed by atoms with van der Waals surface area (Å²) in [6, 6.07) is 15.7. The van der Waals surface area contributed by atoms with Gasteiger partial charge in [0.05, 0.1) is 17.6 Å². The second kappa shape index (κ2) is 7.48. The van der Waals surface area contributed by atoms with E-state index in [0.29, 0.717) is 11.4 Å². The summed E-state index contributed by atoms with van der Waals surface area (Å²) in [7, 11) is 0. The first-order chi connectivity index (χ1) is 12.7. The van der Waals surface area contributed by atoms with E-state index in [2.05, 4.69) is 22.1 Å². The monoisotopic (exact) mass is 368 g/mol. The molecule has 1 amide bonds. The van der Waals surface area contributed by atoms with Gasteiger partial charge in [-0.1, -0.05) is 35.9 Å². The average molecular weight is 369 g/mol. The topological polar surface area (TPSA) is 40.9 Å². The molecule has 6 heteroatoms. The van der Waals surface area contributed by atoms with Crippen molar-refractivity contribution in [2.24, 2.45) is 0 Å². The van der Waals surface area contributed by atoms with Gasteiger partial charge in [0.2, 0.25) is 5.91 Å². The minimum Gasteiger partial charge on any atom is -0.340 e. The molecule has 2 aromatic heterocycles. The maximum absolute atomic E-state index is 12.5. The van der Waals surface area contributed by atoms with Gasteiger partial charge in [-0.3, -0.25) is 9.69 Å². The van der Waals surface area contributed by atoms with Crippen molar-refractivity contribution in [2.75, 3.05) is 26.2 Å². The molecule has 1 fully saturated rings. The number of rotatable bonds is 4. The predicted octanol–water partition coefficient (Wildman–Crippen LogP) is 2.87. The van der Waals surface area contributed by atoms with Gasteiger partial charge in [-0.15, -0.1) is 0 Å². The fraction of sp³-hybridized carbons (Fsp3) is 0.300. The van der Waals surface area contributed by atoms with Gasteiger partial charge in [0.1, 0.15) is 0 Å². The number of amides is 1. The molecule has 0 N–H and O–H groups in total. The number of pyridine rings is 1. The van der Waals surface area contributed by atoms with Gasteiger partial charge >= 0.3 is 0 Å². The molecule has 0 atom stereocenters. The van der Waals surface area contributed by atoms with Crippen LogP contribution in [0.4, 0.5) is 0 Å². The molecule has 3 aromatic rings. The zero-order chi connectivity index (χ0) is 17.9. The van der Waals surface area contributed by atoms with Gasteiger partial charge in [0.15, 0.2) is 0 Å². The highest BCUT2D eigenvalue weighted by Crippen LogP contribution is 2.17. The number of aromatic nitrogens is 2. The molecule has 0 radical (unpaired) electrons. The van der Waals surface area contributed by atoms with Gasteiger partial charge in [0.25, 0.3) is 0 Å². The number of hydrogen-bond donors (Lipinski definition) is 0. The minimum absolute atomic E-state index is 0.144. The molecule has 0 spiro atoms. The maximum Gasteiger partial charge on any atom is 0.227 e. The molecular weight excluding hydrogens is 348 g/mol. The lowest BCUT2D eigenvalue weighted by Crippen LogP contribution is -2.48. The summed E-state index contributed by atoms with van der Waals surface area (Å²) >= 11 is 6.17. The van der Waals surface area contributed by atoms with E-state index in [1.807, 2.05) is 52.0 Å². The zero-order valence-electron chi connectivity index (χ0n) is 14.5. The van der Waals surface area contributed by atoms with Crippen LogP contribution < -0.4 is 0 Å². The highest BCUT2D eigenvalue weighted by molar-refractivity contribution is 6.31. The van der Waals surface area contributed by atoms with Crippen LogP contribution in [0.3, 0.4) is 0 Å². The van der Waals surface area contributed by atoms with E-state index in [1.54, 1.807) is 0 Å². The average Bonchev–Trinajstić information content (AvgIpc) is 3.06. The molecular formula is C20H21ClN4O.